The molecule has 0 saturated heterocycles. The largest absolute Gasteiger partial charge is 0.437 e. The number of hydrogen-bond acceptors (Lipinski definition) is 4. The standard InChI is InChI=1S/C15H13N3O/c16-9-11-5-2-4-8-14(11)19-15-13-7-3-1-6-12(13)10-17-18-15/h1-8,10H,9,16H2. The van der Waals surface area contributed by atoms with E-state index >= 15 is 0 Å². The van der Waals surface area contributed by atoms with E-state index in [4.69, 9.17) is 10.5 Å². The topological polar surface area (TPSA) is 61.0 Å². The van der Waals surface area contributed by atoms with E-state index in [1.54, 1.807) is 6.20 Å². The molecule has 0 atom stereocenters. The predicted octanol–water partition coefficient (Wildman–Crippen LogP) is 2.88. The molecule has 2 aromatic carbocycles. The summed E-state index contributed by atoms with van der Waals surface area (Å²) in [7, 11) is 0. The number of fused-ring (bicyclic) bond motifs is 1. The maximum Gasteiger partial charge on any atom is 0.246 e. The molecule has 1 heterocycles. The van der Waals surface area contributed by atoms with Crippen molar-refractivity contribution in [2.75, 3.05) is 0 Å². The highest BCUT2D eigenvalue weighted by molar-refractivity contribution is 5.86. The number of benzene rings is 2. The first-order chi connectivity index (χ1) is 9.38. The number of aromatic nitrogens is 2. The lowest BCUT2D eigenvalue weighted by Gasteiger charge is -2.10. The summed E-state index contributed by atoms with van der Waals surface area (Å²) < 4.78 is 5.86. The van der Waals surface area contributed by atoms with Crippen LogP contribution in [-0.4, -0.2) is 10.2 Å². The second-order valence-corrected chi connectivity index (χ2v) is 4.15. The molecule has 0 aliphatic carbocycles. The van der Waals surface area contributed by atoms with Gasteiger partial charge in [0.15, 0.2) is 0 Å². The fourth-order valence-electron chi connectivity index (χ4n) is 1.95. The minimum absolute atomic E-state index is 0.425. The van der Waals surface area contributed by atoms with Crippen molar-refractivity contribution in [3.05, 3.63) is 60.3 Å². The Kier molecular flexibility index (Phi) is 3.08. The summed E-state index contributed by atoms with van der Waals surface area (Å²) >= 11 is 0. The van der Waals surface area contributed by atoms with Crippen LogP contribution in [0, 0.1) is 0 Å². The summed E-state index contributed by atoms with van der Waals surface area (Å²) in [5.41, 5.74) is 6.64. The second kappa shape index (κ2) is 5.04. The van der Waals surface area contributed by atoms with Crippen molar-refractivity contribution in [3.8, 4) is 11.6 Å². The number of nitrogens with zero attached hydrogens (tertiary/aromatic N) is 2. The molecule has 0 aliphatic rings. The Hall–Kier alpha value is -2.46. The summed E-state index contributed by atoms with van der Waals surface area (Å²) in [5, 5.41) is 9.96. The average Bonchev–Trinajstić information content (AvgIpc) is 2.48. The lowest BCUT2D eigenvalue weighted by Crippen LogP contribution is -2.00. The van der Waals surface area contributed by atoms with Crippen LogP contribution in [0.2, 0.25) is 0 Å². The zero-order valence-corrected chi connectivity index (χ0v) is 10.3. The molecule has 0 radical (unpaired) electrons. The first-order valence-electron chi connectivity index (χ1n) is 6.05. The SMILES string of the molecule is NCc1ccccc1Oc1nncc2ccccc12. The summed E-state index contributed by atoms with van der Waals surface area (Å²) in [6.07, 6.45) is 1.72. The average molecular weight is 251 g/mol. The second-order valence-electron chi connectivity index (χ2n) is 4.15. The van der Waals surface area contributed by atoms with Crippen LogP contribution in [0.4, 0.5) is 0 Å². The van der Waals surface area contributed by atoms with Gasteiger partial charge < -0.3 is 10.5 Å². The monoisotopic (exact) mass is 251 g/mol. The minimum Gasteiger partial charge on any atom is -0.437 e. The lowest BCUT2D eigenvalue weighted by atomic mass is 10.2. The maximum atomic E-state index is 5.86. The van der Waals surface area contributed by atoms with Crippen LogP contribution in [0.3, 0.4) is 0 Å². The van der Waals surface area contributed by atoms with Crippen LogP contribution in [-0.2, 0) is 6.54 Å². The molecular formula is C15H13N3O. The molecule has 0 aliphatic heterocycles. The fraction of sp³-hybridized carbons (Fsp3) is 0.0667. The smallest absolute Gasteiger partial charge is 0.246 e. The quantitative estimate of drug-likeness (QED) is 0.777. The van der Waals surface area contributed by atoms with Crippen LogP contribution in [0.1, 0.15) is 5.56 Å². The molecule has 0 fully saturated rings. The highest BCUT2D eigenvalue weighted by atomic mass is 16.5. The van der Waals surface area contributed by atoms with Gasteiger partial charge in [-0.3, -0.25) is 0 Å². The van der Waals surface area contributed by atoms with Crippen molar-refractivity contribution >= 4 is 10.8 Å². The number of hydrogen-bond donors (Lipinski definition) is 1. The molecule has 2 N–H and O–H groups in total. The summed E-state index contributed by atoms with van der Waals surface area (Å²) in [4.78, 5) is 0. The van der Waals surface area contributed by atoms with Gasteiger partial charge in [-0.15, -0.1) is 5.10 Å². The van der Waals surface area contributed by atoms with Crippen molar-refractivity contribution in [3.63, 3.8) is 0 Å². The number of ether oxygens (including phenoxy) is 1. The van der Waals surface area contributed by atoms with Gasteiger partial charge in [0, 0.05) is 22.9 Å². The molecule has 0 spiro atoms. The predicted molar refractivity (Wildman–Crippen MR) is 73.9 cm³/mol. The van der Waals surface area contributed by atoms with Gasteiger partial charge in [-0.1, -0.05) is 36.4 Å². The molecule has 4 heteroatoms. The van der Waals surface area contributed by atoms with Gasteiger partial charge in [0.05, 0.1) is 6.20 Å². The van der Waals surface area contributed by atoms with E-state index in [9.17, 15) is 0 Å². The molecular weight excluding hydrogens is 238 g/mol. The maximum absolute atomic E-state index is 5.86. The van der Waals surface area contributed by atoms with Crippen LogP contribution >= 0.6 is 0 Å². The Labute approximate surface area is 110 Å². The van der Waals surface area contributed by atoms with Gasteiger partial charge in [-0.05, 0) is 12.1 Å². The van der Waals surface area contributed by atoms with Crippen molar-refractivity contribution in [2.45, 2.75) is 6.54 Å². The molecule has 4 nitrogen and oxygen atoms in total. The lowest BCUT2D eigenvalue weighted by molar-refractivity contribution is 0.456. The Morgan fingerprint density at radius 2 is 1.79 bits per heavy atom. The molecule has 94 valence electrons. The summed E-state index contributed by atoms with van der Waals surface area (Å²) in [6, 6.07) is 15.5. The zero-order valence-electron chi connectivity index (χ0n) is 10.3. The molecule has 1 aromatic heterocycles. The van der Waals surface area contributed by atoms with Crippen molar-refractivity contribution in [1.29, 1.82) is 0 Å². The van der Waals surface area contributed by atoms with Crippen LogP contribution < -0.4 is 10.5 Å². The third-order valence-corrected chi connectivity index (χ3v) is 2.94. The van der Waals surface area contributed by atoms with Crippen molar-refractivity contribution in [1.82, 2.24) is 10.2 Å². The van der Waals surface area contributed by atoms with Crippen molar-refractivity contribution in [2.24, 2.45) is 5.73 Å². The summed E-state index contributed by atoms with van der Waals surface area (Å²) in [5.74, 6) is 1.22. The van der Waals surface area contributed by atoms with E-state index in [0.29, 0.717) is 12.4 Å². The summed E-state index contributed by atoms with van der Waals surface area (Å²) in [6.45, 7) is 0.425. The number of nitrogens with two attached hydrogens (primary N) is 1. The van der Waals surface area contributed by atoms with E-state index in [2.05, 4.69) is 10.2 Å². The molecule has 3 rings (SSSR count). The molecule has 0 saturated carbocycles. The highest BCUT2D eigenvalue weighted by Gasteiger charge is 2.07. The third kappa shape index (κ3) is 2.26. The molecule has 0 unspecified atom stereocenters. The normalized spacial score (nSPS) is 10.6. The van der Waals surface area contributed by atoms with Gasteiger partial charge in [-0.25, -0.2) is 0 Å². The van der Waals surface area contributed by atoms with Gasteiger partial charge in [0.1, 0.15) is 5.75 Å². The number of rotatable bonds is 3. The van der Waals surface area contributed by atoms with Gasteiger partial charge in [-0.2, -0.15) is 5.10 Å². The Balaban J connectivity index is 2.06. The van der Waals surface area contributed by atoms with Crippen LogP contribution in [0.5, 0.6) is 11.6 Å². The molecule has 0 amide bonds. The Morgan fingerprint density at radius 1 is 1.00 bits per heavy atom. The Morgan fingerprint density at radius 3 is 2.68 bits per heavy atom. The first-order valence-corrected chi connectivity index (χ1v) is 6.05. The van der Waals surface area contributed by atoms with E-state index in [1.807, 2.05) is 48.5 Å². The van der Waals surface area contributed by atoms with Gasteiger partial charge >= 0.3 is 0 Å². The van der Waals surface area contributed by atoms with Gasteiger partial charge in [0.25, 0.3) is 0 Å². The Bertz CT molecular complexity index is 707. The van der Waals surface area contributed by atoms with E-state index in [1.165, 1.54) is 0 Å². The van der Waals surface area contributed by atoms with Gasteiger partial charge in [0.2, 0.25) is 5.88 Å². The fourth-order valence-corrected chi connectivity index (χ4v) is 1.95. The van der Waals surface area contributed by atoms with E-state index in [-0.39, 0.29) is 0 Å². The highest BCUT2D eigenvalue weighted by Crippen LogP contribution is 2.28. The first kappa shape index (κ1) is 11.6. The molecule has 0 bridgehead atoms. The molecule has 3 aromatic rings. The number of para-hydroxylation sites is 1. The van der Waals surface area contributed by atoms with E-state index < -0.39 is 0 Å². The molecule has 19 heavy (non-hydrogen) atoms. The van der Waals surface area contributed by atoms with Crippen LogP contribution in [0.25, 0.3) is 10.8 Å². The zero-order chi connectivity index (χ0) is 13.1. The minimum atomic E-state index is 0.425. The van der Waals surface area contributed by atoms with Crippen molar-refractivity contribution < 1.29 is 4.74 Å². The van der Waals surface area contributed by atoms with E-state index in [0.717, 1.165) is 22.1 Å². The van der Waals surface area contributed by atoms with Crippen LogP contribution in [0.15, 0.2) is 54.7 Å². The third-order valence-electron chi connectivity index (χ3n) is 2.94.